The Labute approximate surface area is 168 Å². The minimum Gasteiger partial charge on any atom is -0.263 e. The minimum atomic E-state index is 0. The third kappa shape index (κ3) is 6.59. The first-order chi connectivity index (χ1) is 10.8. The van der Waals surface area contributed by atoms with Crippen molar-refractivity contribution in [3.05, 3.63) is 65.3 Å². The van der Waals surface area contributed by atoms with E-state index in [1.807, 2.05) is 0 Å². The van der Waals surface area contributed by atoms with Crippen LogP contribution in [-0.2, 0) is 25.8 Å². The van der Waals surface area contributed by atoms with Crippen LogP contribution in [0.2, 0.25) is 0 Å². The van der Waals surface area contributed by atoms with Crippen molar-refractivity contribution >= 4 is 10.8 Å². The van der Waals surface area contributed by atoms with Gasteiger partial charge in [0.2, 0.25) is 0 Å². The standard InChI is InChI=1S/C10H15.C9H7.C4H10.Hf/c1-7-6-10(4,5)9(3)8(7)2;1-2-5-9-7-3-6-8(9)4-1;1-3-4-2;/h1-5H3;1-7H;3-4H2,1-2H3;/q2*-1;;. The summed E-state index contributed by atoms with van der Waals surface area (Å²) in [5.41, 5.74) is 4.39. The Hall–Kier alpha value is -0.820. The predicted molar refractivity (Wildman–Crippen MR) is 105 cm³/mol. The van der Waals surface area contributed by atoms with Gasteiger partial charge in [0.25, 0.3) is 0 Å². The Morgan fingerprint density at radius 3 is 1.92 bits per heavy atom. The fourth-order valence-corrected chi connectivity index (χ4v) is 2.48. The molecular formula is C23H32Hf-2. The van der Waals surface area contributed by atoms with Gasteiger partial charge in [-0.05, 0) is 0 Å². The van der Waals surface area contributed by atoms with Gasteiger partial charge in [-0.1, -0.05) is 65.9 Å². The second-order valence-corrected chi connectivity index (χ2v) is 6.78. The summed E-state index contributed by atoms with van der Waals surface area (Å²) in [6.07, 6.45) is 6.07. The zero-order valence-corrected chi connectivity index (χ0v) is 20.0. The zero-order chi connectivity index (χ0) is 17.5. The Kier molecular flexibility index (Phi) is 10.6. The van der Waals surface area contributed by atoms with Gasteiger partial charge in [0.05, 0.1) is 0 Å². The molecule has 130 valence electrons. The van der Waals surface area contributed by atoms with E-state index >= 15 is 0 Å². The maximum atomic E-state index is 3.44. The first-order valence-electron chi connectivity index (χ1n) is 8.74. The molecule has 0 aliphatic heterocycles. The average Bonchev–Trinajstić information content (AvgIpc) is 3.08. The Morgan fingerprint density at radius 2 is 1.54 bits per heavy atom. The molecule has 3 rings (SSSR count). The molecule has 1 heteroatoms. The van der Waals surface area contributed by atoms with E-state index in [1.54, 1.807) is 0 Å². The van der Waals surface area contributed by atoms with Crippen LogP contribution in [0.1, 0.15) is 61.3 Å². The van der Waals surface area contributed by atoms with E-state index in [0.717, 1.165) is 0 Å². The summed E-state index contributed by atoms with van der Waals surface area (Å²) in [4.78, 5) is 0. The van der Waals surface area contributed by atoms with E-state index in [4.69, 9.17) is 0 Å². The summed E-state index contributed by atoms with van der Waals surface area (Å²) in [6.45, 7) is 15.3. The van der Waals surface area contributed by atoms with Crippen LogP contribution in [0.15, 0.2) is 59.2 Å². The molecule has 0 nitrogen and oxygen atoms in total. The summed E-state index contributed by atoms with van der Waals surface area (Å²) in [7, 11) is 0. The summed E-state index contributed by atoms with van der Waals surface area (Å²) in [5, 5.41) is 2.66. The number of rotatable bonds is 1. The number of allylic oxidation sites excluding steroid dienone is 4. The van der Waals surface area contributed by atoms with E-state index in [2.05, 4.69) is 97.0 Å². The first kappa shape index (κ1) is 23.2. The van der Waals surface area contributed by atoms with Gasteiger partial charge < -0.3 is 0 Å². The van der Waals surface area contributed by atoms with Crippen molar-refractivity contribution in [2.24, 2.45) is 5.41 Å². The molecule has 0 amide bonds. The molecule has 0 fully saturated rings. The molecule has 0 N–H and O–H groups in total. The number of unbranched alkanes of at least 4 members (excludes halogenated alkanes) is 1. The largest absolute Gasteiger partial charge is 0.263 e. The third-order valence-corrected chi connectivity index (χ3v) is 4.61. The molecule has 0 heterocycles. The molecule has 0 unspecified atom stereocenters. The van der Waals surface area contributed by atoms with Crippen LogP contribution in [0, 0.1) is 11.5 Å². The van der Waals surface area contributed by atoms with Crippen LogP contribution in [-0.4, -0.2) is 0 Å². The summed E-state index contributed by atoms with van der Waals surface area (Å²) in [5.74, 6) is 0. The maximum Gasteiger partial charge on any atom is 0 e. The summed E-state index contributed by atoms with van der Waals surface area (Å²) >= 11 is 0. The monoisotopic (exact) mass is 488 g/mol. The molecule has 2 aromatic carbocycles. The van der Waals surface area contributed by atoms with Crippen molar-refractivity contribution in [2.75, 3.05) is 0 Å². The van der Waals surface area contributed by atoms with Gasteiger partial charge >= 0.3 is 0 Å². The molecule has 0 saturated carbocycles. The van der Waals surface area contributed by atoms with Crippen LogP contribution in [0.25, 0.3) is 10.8 Å². The van der Waals surface area contributed by atoms with E-state index < -0.39 is 0 Å². The second kappa shape index (κ2) is 10.9. The van der Waals surface area contributed by atoms with Gasteiger partial charge in [-0.2, -0.15) is 28.7 Å². The molecule has 0 atom stereocenters. The Bertz CT molecular complexity index is 636. The Balaban J connectivity index is 0.000000352. The van der Waals surface area contributed by atoms with Crippen molar-refractivity contribution in [3.8, 4) is 0 Å². The number of benzene rings is 1. The SMILES string of the molecule is CC1=[C-]C(C)(C)C(C)=C1C.CCCC.[Hf].c1ccc2[cH-]ccc2c1. The zero-order valence-electron chi connectivity index (χ0n) is 16.5. The summed E-state index contributed by atoms with van der Waals surface area (Å²) in [6, 6.07) is 14.7. The molecule has 0 saturated heterocycles. The number of hydrogen-bond donors (Lipinski definition) is 0. The molecule has 2 aromatic rings. The molecule has 24 heavy (non-hydrogen) atoms. The molecular weight excluding hydrogens is 455 g/mol. The smallest absolute Gasteiger partial charge is 0 e. The van der Waals surface area contributed by atoms with E-state index in [1.165, 1.54) is 40.3 Å². The number of hydrogen-bond acceptors (Lipinski definition) is 0. The molecule has 0 spiro atoms. The summed E-state index contributed by atoms with van der Waals surface area (Å²) < 4.78 is 0. The van der Waals surface area contributed by atoms with Crippen LogP contribution >= 0.6 is 0 Å². The van der Waals surface area contributed by atoms with Gasteiger partial charge in [-0.3, -0.25) is 6.08 Å². The van der Waals surface area contributed by atoms with Gasteiger partial charge in [-0.25, -0.2) is 5.57 Å². The van der Waals surface area contributed by atoms with E-state index in [-0.39, 0.29) is 31.3 Å². The third-order valence-electron chi connectivity index (χ3n) is 4.61. The fourth-order valence-electron chi connectivity index (χ4n) is 2.48. The fraction of sp³-hybridized carbons (Fsp3) is 0.435. The van der Waals surface area contributed by atoms with Crippen molar-refractivity contribution in [1.82, 2.24) is 0 Å². The van der Waals surface area contributed by atoms with Crippen LogP contribution in [0.4, 0.5) is 0 Å². The van der Waals surface area contributed by atoms with Crippen molar-refractivity contribution in [2.45, 2.75) is 61.3 Å². The topological polar surface area (TPSA) is 0 Å². The average molecular weight is 487 g/mol. The predicted octanol–water partition coefficient (Wildman–Crippen LogP) is 7.47. The van der Waals surface area contributed by atoms with Crippen LogP contribution < -0.4 is 0 Å². The second-order valence-electron chi connectivity index (χ2n) is 6.78. The quantitative estimate of drug-likeness (QED) is 0.289. The molecule has 1 aliphatic carbocycles. The Morgan fingerprint density at radius 1 is 0.958 bits per heavy atom. The van der Waals surface area contributed by atoms with Crippen molar-refractivity contribution in [3.63, 3.8) is 0 Å². The molecule has 0 aromatic heterocycles. The van der Waals surface area contributed by atoms with Crippen molar-refractivity contribution < 1.29 is 25.8 Å². The van der Waals surface area contributed by atoms with Gasteiger partial charge in [0.1, 0.15) is 0 Å². The minimum absolute atomic E-state index is 0. The van der Waals surface area contributed by atoms with E-state index in [9.17, 15) is 0 Å². The normalized spacial score (nSPS) is 14.9. The number of fused-ring (bicyclic) bond motifs is 1. The van der Waals surface area contributed by atoms with E-state index in [0.29, 0.717) is 0 Å². The first-order valence-corrected chi connectivity index (χ1v) is 8.74. The van der Waals surface area contributed by atoms with Crippen LogP contribution in [0.3, 0.4) is 0 Å². The van der Waals surface area contributed by atoms with Gasteiger partial charge in [0, 0.05) is 25.8 Å². The van der Waals surface area contributed by atoms with Crippen molar-refractivity contribution in [1.29, 1.82) is 0 Å². The molecule has 0 bridgehead atoms. The van der Waals surface area contributed by atoms with Gasteiger partial charge in [-0.15, -0.1) is 36.6 Å². The van der Waals surface area contributed by atoms with Gasteiger partial charge in [0.15, 0.2) is 0 Å². The maximum absolute atomic E-state index is 3.44. The van der Waals surface area contributed by atoms with Crippen LogP contribution in [0.5, 0.6) is 0 Å². The molecule has 1 aliphatic rings. The molecule has 0 radical (unpaired) electrons.